The Hall–Kier alpha value is -2.45. The van der Waals surface area contributed by atoms with Crippen LogP contribution in [0.4, 0.5) is 5.69 Å². The number of amides is 1. The Morgan fingerprint density at radius 3 is 2.73 bits per heavy atom. The van der Waals surface area contributed by atoms with E-state index in [4.69, 9.17) is 0 Å². The number of nitrogens with one attached hydrogen (secondary N) is 1. The molecule has 1 saturated carbocycles. The monoisotopic (exact) mass is 385 g/mol. The van der Waals surface area contributed by atoms with Crippen LogP contribution in [0.1, 0.15) is 23.7 Å². The summed E-state index contributed by atoms with van der Waals surface area (Å²) in [6, 6.07) is 14.5. The van der Waals surface area contributed by atoms with Crippen molar-refractivity contribution in [2.45, 2.75) is 28.5 Å². The predicted molar refractivity (Wildman–Crippen MR) is 102 cm³/mol. The number of hydrogen-bond donors (Lipinski definition) is 1. The smallest absolute Gasteiger partial charge is 0.270 e. The van der Waals surface area contributed by atoms with Gasteiger partial charge in [0.05, 0.1) is 15.1 Å². The number of aromatic nitrogens is 1. The van der Waals surface area contributed by atoms with E-state index in [-0.39, 0.29) is 17.6 Å². The maximum absolute atomic E-state index is 12.7. The molecule has 2 aromatic carbocycles. The van der Waals surface area contributed by atoms with Gasteiger partial charge in [-0.15, -0.1) is 11.3 Å². The zero-order valence-corrected chi connectivity index (χ0v) is 15.3. The first-order chi connectivity index (χ1) is 12.6. The molecule has 1 aliphatic carbocycles. The van der Waals surface area contributed by atoms with Crippen LogP contribution in [0.15, 0.2) is 52.9 Å². The van der Waals surface area contributed by atoms with Gasteiger partial charge >= 0.3 is 0 Å². The van der Waals surface area contributed by atoms with Gasteiger partial charge in [0.15, 0.2) is 4.34 Å². The van der Waals surface area contributed by atoms with Crippen molar-refractivity contribution in [2.75, 3.05) is 0 Å². The molecule has 1 aromatic heterocycles. The molecule has 0 bridgehead atoms. The van der Waals surface area contributed by atoms with E-state index in [1.807, 2.05) is 30.3 Å². The molecule has 1 heterocycles. The molecule has 4 rings (SSSR count). The van der Waals surface area contributed by atoms with Crippen molar-refractivity contribution >= 4 is 44.9 Å². The van der Waals surface area contributed by atoms with Crippen molar-refractivity contribution < 1.29 is 9.72 Å². The van der Waals surface area contributed by atoms with Gasteiger partial charge in [-0.2, -0.15) is 0 Å². The molecule has 1 atom stereocenters. The van der Waals surface area contributed by atoms with E-state index >= 15 is 0 Å². The van der Waals surface area contributed by atoms with E-state index in [1.165, 1.54) is 35.2 Å². The molecule has 132 valence electrons. The molecule has 26 heavy (non-hydrogen) atoms. The fourth-order valence-electron chi connectivity index (χ4n) is 2.56. The van der Waals surface area contributed by atoms with Crippen molar-refractivity contribution in [3.8, 4) is 0 Å². The number of benzene rings is 2. The molecule has 1 amide bonds. The summed E-state index contributed by atoms with van der Waals surface area (Å²) in [5, 5.41) is 13.6. The maximum atomic E-state index is 12.7. The summed E-state index contributed by atoms with van der Waals surface area (Å²) >= 11 is 2.76. The number of carbonyl (C=O) groups is 1. The van der Waals surface area contributed by atoms with E-state index in [1.54, 1.807) is 6.07 Å². The first kappa shape index (κ1) is 17.0. The second-order valence-corrected chi connectivity index (χ2v) is 8.46. The second-order valence-electron chi connectivity index (χ2n) is 6.08. The molecule has 0 unspecified atom stereocenters. The molecule has 8 heteroatoms. The summed E-state index contributed by atoms with van der Waals surface area (Å²) < 4.78 is 1.47. The minimum atomic E-state index is -0.415. The lowest BCUT2D eigenvalue weighted by atomic mass is 10.1. The first-order valence-electron chi connectivity index (χ1n) is 8.17. The minimum absolute atomic E-state index is 0.0195. The Kier molecular flexibility index (Phi) is 4.60. The summed E-state index contributed by atoms with van der Waals surface area (Å²) in [4.78, 5) is 27.8. The fourth-order valence-corrected chi connectivity index (χ4v) is 4.86. The molecule has 1 N–H and O–H groups in total. The van der Waals surface area contributed by atoms with Crippen molar-refractivity contribution in [1.82, 2.24) is 10.3 Å². The second kappa shape index (κ2) is 7.05. The maximum Gasteiger partial charge on any atom is 0.270 e. The highest BCUT2D eigenvalue weighted by atomic mass is 32.2. The van der Waals surface area contributed by atoms with Crippen LogP contribution >= 0.6 is 23.1 Å². The lowest BCUT2D eigenvalue weighted by Crippen LogP contribution is -2.29. The summed E-state index contributed by atoms with van der Waals surface area (Å²) in [6.45, 7) is 0. The minimum Gasteiger partial charge on any atom is -0.352 e. The van der Waals surface area contributed by atoms with Crippen molar-refractivity contribution in [1.29, 1.82) is 0 Å². The Balaban J connectivity index is 1.63. The highest BCUT2D eigenvalue weighted by Gasteiger charge is 2.29. The molecule has 0 aliphatic heterocycles. The highest BCUT2D eigenvalue weighted by Crippen LogP contribution is 2.40. The molecule has 6 nitrogen and oxygen atoms in total. The Bertz CT molecular complexity index is 970. The van der Waals surface area contributed by atoms with Crippen LogP contribution < -0.4 is 5.32 Å². The van der Waals surface area contributed by atoms with E-state index in [9.17, 15) is 14.9 Å². The molecule has 1 fully saturated rings. The van der Waals surface area contributed by atoms with Crippen molar-refractivity contribution in [3.63, 3.8) is 0 Å². The Morgan fingerprint density at radius 1 is 1.27 bits per heavy atom. The van der Waals surface area contributed by atoms with Crippen LogP contribution in [-0.4, -0.2) is 21.9 Å². The number of thioether (sulfide) groups is 1. The average Bonchev–Trinajstić information content (AvgIpc) is 3.35. The van der Waals surface area contributed by atoms with Crippen LogP contribution in [0, 0.1) is 10.1 Å². The average molecular weight is 385 g/mol. The molecule has 3 aromatic rings. The molecule has 1 aliphatic rings. The molecule has 0 spiro atoms. The van der Waals surface area contributed by atoms with Crippen LogP contribution in [0.25, 0.3) is 10.2 Å². The van der Waals surface area contributed by atoms with Crippen molar-refractivity contribution in [3.05, 3.63) is 64.2 Å². The Labute approximate surface area is 157 Å². The third-order valence-corrected chi connectivity index (χ3v) is 6.41. The van der Waals surface area contributed by atoms with Crippen molar-refractivity contribution in [2.24, 2.45) is 0 Å². The molecular weight excluding hydrogens is 370 g/mol. The normalized spacial score (nSPS) is 14.9. The van der Waals surface area contributed by atoms with Crippen LogP contribution in [0.3, 0.4) is 0 Å². The standard InChI is InChI=1S/C18H15N3O3S2/c22-17(19-12-6-7-12)16(11-4-2-1-3-5-11)26-18-20-14-9-8-13(21(23)24)10-15(14)25-18/h1-5,8-10,12,16H,6-7H2,(H,19,22)/t16-/m1/s1. The van der Waals surface area contributed by atoms with Gasteiger partial charge in [0.25, 0.3) is 5.69 Å². The van der Waals surface area contributed by atoms with E-state index in [2.05, 4.69) is 10.3 Å². The van der Waals surface area contributed by atoms with E-state index in [0.29, 0.717) is 5.52 Å². The van der Waals surface area contributed by atoms with Crippen LogP contribution in [-0.2, 0) is 4.79 Å². The number of nitrogens with zero attached hydrogens (tertiary/aromatic N) is 2. The predicted octanol–water partition coefficient (Wildman–Crippen LogP) is 4.32. The number of hydrogen-bond acceptors (Lipinski definition) is 6. The number of non-ortho nitro benzene ring substituents is 1. The fraction of sp³-hybridized carbons (Fsp3) is 0.222. The van der Waals surface area contributed by atoms with Gasteiger partial charge in [0.1, 0.15) is 5.25 Å². The molecular formula is C18H15N3O3S2. The lowest BCUT2D eigenvalue weighted by molar-refractivity contribution is -0.384. The number of rotatable bonds is 6. The summed E-state index contributed by atoms with van der Waals surface area (Å²) in [6.07, 6.45) is 2.06. The topological polar surface area (TPSA) is 85.1 Å². The van der Waals surface area contributed by atoms with E-state index in [0.717, 1.165) is 27.4 Å². The molecule has 0 radical (unpaired) electrons. The van der Waals surface area contributed by atoms with Gasteiger partial charge in [-0.1, -0.05) is 42.1 Å². The van der Waals surface area contributed by atoms with Gasteiger partial charge in [-0.25, -0.2) is 4.98 Å². The number of nitro benzene ring substituents is 1. The SMILES string of the molecule is O=C(NC1CC1)[C@H](Sc1nc2ccc([N+](=O)[O-])cc2s1)c1ccccc1. The number of carbonyl (C=O) groups excluding carboxylic acids is 1. The number of nitro groups is 1. The van der Waals surface area contributed by atoms with Gasteiger partial charge < -0.3 is 5.32 Å². The number of thiazole rings is 1. The van der Waals surface area contributed by atoms with Gasteiger partial charge in [-0.05, 0) is 24.5 Å². The third-order valence-electron chi connectivity index (χ3n) is 4.05. The van der Waals surface area contributed by atoms with Crippen LogP contribution in [0.2, 0.25) is 0 Å². The largest absolute Gasteiger partial charge is 0.352 e. The summed E-state index contributed by atoms with van der Waals surface area (Å²) in [5.74, 6) is -0.0195. The Morgan fingerprint density at radius 2 is 2.04 bits per heavy atom. The zero-order valence-electron chi connectivity index (χ0n) is 13.6. The third kappa shape index (κ3) is 3.71. The van der Waals surface area contributed by atoms with Gasteiger partial charge in [-0.3, -0.25) is 14.9 Å². The quantitative estimate of drug-likeness (QED) is 0.388. The summed E-state index contributed by atoms with van der Waals surface area (Å²) in [5.41, 5.74) is 1.67. The first-order valence-corrected chi connectivity index (χ1v) is 9.87. The molecule has 0 saturated heterocycles. The highest BCUT2D eigenvalue weighted by molar-refractivity contribution is 8.02. The summed E-state index contributed by atoms with van der Waals surface area (Å²) in [7, 11) is 0. The zero-order chi connectivity index (χ0) is 18.1. The lowest BCUT2D eigenvalue weighted by Gasteiger charge is -2.15. The van der Waals surface area contributed by atoms with E-state index < -0.39 is 10.2 Å². The van der Waals surface area contributed by atoms with Crippen LogP contribution in [0.5, 0.6) is 0 Å². The van der Waals surface area contributed by atoms with Gasteiger partial charge in [0.2, 0.25) is 5.91 Å². The number of fused-ring (bicyclic) bond motifs is 1. The van der Waals surface area contributed by atoms with Gasteiger partial charge in [0, 0.05) is 18.2 Å².